The zero-order valence-electron chi connectivity index (χ0n) is 5.89. The molecule has 0 aromatic carbocycles. The lowest BCUT2D eigenvalue weighted by molar-refractivity contribution is 0.242. The topological polar surface area (TPSA) is 79.2 Å². The summed E-state index contributed by atoms with van der Waals surface area (Å²) in [7, 11) is 0. The lowest BCUT2D eigenvalue weighted by Crippen LogP contribution is -2.57. The van der Waals surface area contributed by atoms with Gasteiger partial charge in [0.1, 0.15) is 6.17 Å². The Kier molecular flexibility index (Phi) is 2.48. The van der Waals surface area contributed by atoms with Gasteiger partial charge in [0.25, 0.3) is 0 Å². The summed E-state index contributed by atoms with van der Waals surface area (Å²) in [6, 6.07) is -0.535. The third-order valence-corrected chi connectivity index (χ3v) is 1.60. The van der Waals surface area contributed by atoms with E-state index in [0.29, 0.717) is 5.11 Å². The van der Waals surface area contributed by atoms with E-state index in [2.05, 4.69) is 16.0 Å². The highest BCUT2D eigenvalue weighted by atomic mass is 32.1. The van der Waals surface area contributed by atoms with E-state index in [1.165, 1.54) is 0 Å². The molecule has 5 nitrogen and oxygen atoms in total. The van der Waals surface area contributed by atoms with Crippen LogP contribution in [0.4, 0.5) is 4.79 Å². The number of amides is 2. The molecule has 62 valence electrons. The van der Waals surface area contributed by atoms with Crippen molar-refractivity contribution in [3.63, 3.8) is 0 Å². The van der Waals surface area contributed by atoms with Gasteiger partial charge in [-0.3, -0.25) is 0 Å². The molecule has 1 aliphatic rings. The number of nitrogens with two attached hydrogens (primary N) is 1. The van der Waals surface area contributed by atoms with Crippen molar-refractivity contribution < 1.29 is 4.79 Å². The van der Waals surface area contributed by atoms with Crippen molar-refractivity contribution in [2.75, 3.05) is 6.54 Å². The van der Waals surface area contributed by atoms with E-state index in [1.807, 2.05) is 0 Å². The monoisotopic (exact) mass is 174 g/mol. The number of hydrogen-bond acceptors (Lipinski definition) is 2. The summed E-state index contributed by atoms with van der Waals surface area (Å²) in [5.41, 5.74) is 4.92. The van der Waals surface area contributed by atoms with Crippen molar-refractivity contribution >= 4 is 23.4 Å². The highest BCUT2D eigenvalue weighted by Crippen LogP contribution is 1.91. The number of carbonyl (C=O) groups is 1. The van der Waals surface area contributed by atoms with Crippen LogP contribution in [0.2, 0.25) is 0 Å². The van der Waals surface area contributed by atoms with Gasteiger partial charge in [0.15, 0.2) is 5.11 Å². The Hall–Kier alpha value is -1.04. The van der Waals surface area contributed by atoms with E-state index in [9.17, 15) is 4.79 Å². The molecule has 0 radical (unpaired) electrons. The van der Waals surface area contributed by atoms with Crippen LogP contribution in [0.5, 0.6) is 0 Å². The molecular weight excluding hydrogens is 164 g/mol. The summed E-state index contributed by atoms with van der Waals surface area (Å²) in [6.45, 7) is 0.761. The molecule has 6 heteroatoms. The molecule has 0 aliphatic carbocycles. The smallest absolute Gasteiger partial charge is 0.313 e. The molecule has 1 heterocycles. The Morgan fingerprint density at radius 2 is 2.55 bits per heavy atom. The van der Waals surface area contributed by atoms with Crippen molar-refractivity contribution in [2.24, 2.45) is 5.73 Å². The largest absolute Gasteiger partial charge is 0.363 e. The van der Waals surface area contributed by atoms with Crippen molar-refractivity contribution in [3.8, 4) is 0 Å². The van der Waals surface area contributed by atoms with Gasteiger partial charge in [0.2, 0.25) is 0 Å². The second-order valence-corrected chi connectivity index (χ2v) is 2.66. The molecule has 1 atom stereocenters. The number of urea groups is 1. The fourth-order valence-electron chi connectivity index (χ4n) is 0.891. The van der Waals surface area contributed by atoms with Gasteiger partial charge in [0.05, 0.1) is 0 Å². The maximum atomic E-state index is 10.4. The summed E-state index contributed by atoms with van der Waals surface area (Å²) in [5, 5.41) is 8.83. The number of thiocarbonyl (C=S) groups is 1. The first-order valence-corrected chi connectivity index (χ1v) is 3.69. The van der Waals surface area contributed by atoms with Crippen LogP contribution in [0.25, 0.3) is 0 Å². The second-order valence-electron chi connectivity index (χ2n) is 2.25. The van der Waals surface area contributed by atoms with Gasteiger partial charge in [-0.2, -0.15) is 0 Å². The lowest BCUT2D eigenvalue weighted by atomic mass is 10.3. The maximum Gasteiger partial charge on any atom is 0.313 e. The number of primary amides is 1. The minimum absolute atomic E-state index is 0.124. The van der Waals surface area contributed by atoms with Crippen LogP contribution in [0.15, 0.2) is 0 Å². The molecule has 1 aliphatic heterocycles. The van der Waals surface area contributed by atoms with Gasteiger partial charge in [-0.25, -0.2) is 4.79 Å². The van der Waals surface area contributed by atoms with Crippen molar-refractivity contribution in [2.45, 2.75) is 12.6 Å². The summed E-state index contributed by atoms with van der Waals surface area (Å²) in [6.07, 6.45) is 0.657. The lowest BCUT2D eigenvalue weighted by Gasteiger charge is -2.26. The zero-order valence-corrected chi connectivity index (χ0v) is 6.70. The predicted molar refractivity (Wildman–Crippen MR) is 44.9 cm³/mol. The average Bonchev–Trinajstić information content (AvgIpc) is 1.85. The third kappa shape index (κ3) is 2.58. The number of nitrogens with one attached hydrogen (secondary N) is 3. The fourth-order valence-corrected chi connectivity index (χ4v) is 1.14. The van der Waals surface area contributed by atoms with Crippen LogP contribution in [-0.2, 0) is 0 Å². The van der Waals surface area contributed by atoms with Crippen LogP contribution in [0, 0.1) is 0 Å². The molecular formula is C5H10N4OS. The van der Waals surface area contributed by atoms with Gasteiger partial charge < -0.3 is 21.7 Å². The van der Waals surface area contributed by atoms with Crippen molar-refractivity contribution in [1.82, 2.24) is 16.0 Å². The van der Waals surface area contributed by atoms with Gasteiger partial charge in [-0.1, -0.05) is 0 Å². The van der Waals surface area contributed by atoms with Crippen LogP contribution < -0.4 is 21.7 Å². The third-order valence-electron chi connectivity index (χ3n) is 1.34. The quantitative estimate of drug-likeness (QED) is 0.378. The highest BCUT2D eigenvalue weighted by molar-refractivity contribution is 7.80. The zero-order chi connectivity index (χ0) is 8.27. The van der Waals surface area contributed by atoms with Gasteiger partial charge in [0, 0.05) is 13.0 Å². The Morgan fingerprint density at radius 3 is 3.09 bits per heavy atom. The number of hydrogen-bond donors (Lipinski definition) is 4. The van der Waals surface area contributed by atoms with Crippen LogP contribution in [-0.4, -0.2) is 23.9 Å². The number of carbonyl (C=O) groups excluding carboxylic acids is 1. The SMILES string of the molecule is NC(=O)NC1CCNC(=S)N1. The predicted octanol–water partition coefficient (Wildman–Crippen LogP) is -1.15. The Labute approximate surface area is 69.7 Å². The Morgan fingerprint density at radius 1 is 1.82 bits per heavy atom. The van der Waals surface area contributed by atoms with Crippen molar-refractivity contribution in [1.29, 1.82) is 0 Å². The first-order chi connectivity index (χ1) is 5.18. The van der Waals surface area contributed by atoms with Crippen molar-refractivity contribution in [3.05, 3.63) is 0 Å². The highest BCUT2D eigenvalue weighted by Gasteiger charge is 2.14. The maximum absolute atomic E-state index is 10.4. The van der Waals surface area contributed by atoms with Gasteiger partial charge in [-0.05, 0) is 12.2 Å². The van der Waals surface area contributed by atoms with Crippen LogP contribution in [0.3, 0.4) is 0 Å². The molecule has 0 aromatic rings. The van der Waals surface area contributed by atoms with E-state index in [1.54, 1.807) is 0 Å². The Balaban J connectivity index is 2.34. The van der Waals surface area contributed by atoms with E-state index in [-0.39, 0.29) is 6.17 Å². The summed E-state index contributed by atoms with van der Waals surface area (Å²) in [5.74, 6) is 0. The van der Waals surface area contributed by atoms with Crippen LogP contribution in [0.1, 0.15) is 6.42 Å². The minimum atomic E-state index is -0.535. The second kappa shape index (κ2) is 3.38. The Bertz CT molecular complexity index is 181. The molecule has 5 N–H and O–H groups in total. The first kappa shape index (κ1) is 8.06. The molecule has 0 saturated carbocycles. The summed E-state index contributed by atoms with van der Waals surface area (Å²) < 4.78 is 0. The molecule has 1 rings (SSSR count). The summed E-state index contributed by atoms with van der Waals surface area (Å²) in [4.78, 5) is 10.4. The molecule has 2 amide bonds. The molecule has 11 heavy (non-hydrogen) atoms. The van der Waals surface area contributed by atoms with E-state index in [0.717, 1.165) is 13.0 Å². The van der Waals surface area contributed by atoms with E-state index in [4.69, 9.17) is 18.0 Å². The van der Waals surface area contributed by atoms with E-state index >= 15 is 0 Å². The molecule has 0 aromatic heterocycles. The fraction of sp³-hybridized carbons (Fsp3) is 0.600. The molecule has 0 bridgehead atoms. The molecule has 1 fully saturated rings. The standard InChI is InChI=1S/C5H10N4OS/c6-4(10)8-3-1-2-7-5(11)9-3/h3H,1-2H2,(H3,6,8,10)(H2,7,9,11). The molecule has 0 spiro atoms. The van der Waals surface area contributed by atoms with E-state index < -0.39 is 6.03 Å². The summed E-state index contributed by atoms with van der Waals surface area (Å²) >= 11 is 4.82. The van der Waals surface area contributed by atoms with Gasteiger partial charge >= 0.3 is 6.03 Å². The normalized spacial score (nSPS) is 23.3. The van der Waals surface area contributed by atoms with Crippen LogP contribution >= 0.6 is 12.2 Å². The number of rotatable bonds is 1. The first-order valence-electron chi connectivity index (χ1n) is 3.29. The van der Waals surface area contributed by atoms with Gasteiger partial charge in [-0.15, -0.1) is 0 Å². The molecule has 1 saturated heterocycles. The average molecular weight is 174 g/mol. The molecule has 1 unspecified atom stereocenters. The minimum Gasteiger partial charge on any atom is -0.363 e.